The Morgan fingerprint density at radius 2 is 1.81 bits per heavy atom. The number of nitrogens with zero attached hydrogens (tertiary/aromatic N) is 6. The van der Waals surface area contributed by atoms with Crippen molar-refractivity contribution in [1.29, 1.82) is 0 Å². The molecule has 4 rings (SSSR count). The first-order valence-electron chi connectivity index (χ1n) is 9.58. The van der Waals surface area contributed by atoms with Crippen LogP contribution in [-0.2, 0) is 11.8 Å². The second-order valence-corrected chi connectivity index (χ2v) is 7.93. The molecule has 1 N–H and O–H groups in total. The molecule has 158 valence electrons. The Morgan fingerprint density at radius 1 is 1.06 bits per heavy atom. The Hall–Kier alpha value is -3.66. The number of carbonyl (C=O) groups is 1. The zero-order chi connectivity index (χ0) is 22.0. The van der Waals surface area contributed by atoms with E-state index in [1.807, 2.05) is 61.5 Å². The smallest absolute Gasteiger partial charge is 0.295 e. The van der Waals surface area contributed by atoms with E-state index in [-0.39, 0.29) is 22.9 Å². The van der Waals surface area contributed by atoms with Gasteiger partial charge in [0.15, 0.2) is 0 Å². The van der Waals surface area contributed by atoms with Crippen molar-refractivity contribution in [2.75, 3.05) is 11.1 Å². The summed E-state index contributed by atoms with van der Waals surface area (Å²) in [5.41, 5.74) is 3.26. The van der Waals surface area contributed by atoms with Crippen LogP contribution in [0.15, 0.2) is 64.5 Å². The first-order valence-corrected chi connectivity index (χ1v) is 10.6. The molecule has 0 fully saturated rings. The Balaban J connectivity index is 1.50. The van der Waals surface area contributed by atoms with Crippen molar-refractivity contribution in [3.63, 3.8) is 0 Å². The number of amides is 1. The third kappa shape index (κ3) is 4.15. The Morgan fingerprint density at radius 3 is 2.55 bits per heavy atom. The quantitative estimate of drug-likeness (QED) is 0.467. The summed E-state index contributed by atoms with van der Waals surface area (Å²) in [6.07, 6.45) is 0. The lowest BCUT2D eigenvalue weighted by Gasteiger charge is -2.07. The van der Waals surface area contributed by atoms with Crippen LogP contribution in [0, 0.1) is 13.8 Å². The largest absolute Gasteiger partial charge is 0.319 e. The van der Waals surface area contributed by atoms with E-state index in [0.717, 1.165) is 16.9 Å². The molecule has 0 atom stereocenters. The van der Waals surface area contributed by atoms with E-state index < -0.39 is 0 Å². The highest BCUT2D eigenvalue weighted by atomic mass is 32.2. The van der Waals surface area contributed by atoms with Gasteiger partial charge in [0.2, 0.25) is 11.1 Å². The van der Waals surface area contributed by atoms with Crippen molar-refractivity contribution in [2.45, 2.75) is 19.0 Å². The molecular weight excluding hydrogens is 414 g/mol. The average Bonchev–Trinajstić information content (AvgIpc) is 3.32. The fourth-order valence-corrected chi connectivity index (χ4v) is 3.90. The number of carbonyl (C=O) groups excluding carboxylic acids is 1. The van der Waals surface area contributed by atoms with Gasteiger partial charge in [0.05, 0.1) is 22.8 Å². The Labute approximate surface area is 182 Å². The van der Waals surface area contributed by atoms with Gasteiger partial charge in [-0.3, -0.25) is 14.3 Å². The molecule has 0 saturated carbocycles. The predicted octanol–water partition coefficient (Wildman–Crippen LogP) is 2.50. The molecule has 0 aliphatic rings. The normalized spacial score (nSPS) is 10.9. The van der Waals surface area contributed by atoms with Gasteiger partial charge in [-0.15, -0.1) is 5.10 Å². The minimum absolute atomic E-state index is 0.0608. The van der Waals surface area contributed by atoms with Crippen LogP contribution in [0.3, 0.4) is 0 Å². The van der Waals surface area contributed by atoms with Crippen LogP contribution in [0.5, 0.6) is 0 Å². The van der Waals surface area contributed by atoms with Crippen LogP contribution in [-0.4, -0.2) is 41.2 Å². The van der Waals surface area contributed by atoms with Crippen molar-refractivity contribution in [1.82, 2.24) is 29.6 Å². The first-order chi connectivity index (χ1) is 15.0. The van der Waals surface area contributed by atoms with E-state index >= 15 is 0 Å². The van der Waals surface area contributed by atoms with Crippen molar-refractivity contribution in [3.8, 4) is 11.4 Å². The molecule has 0 saturated heterocycles. The maximum Gasteiger partial charge on any atom is 0.295 e. The molecule has 1 amide bonds. The number of para-hydroxylation sites is 1. The highest BCUT2D eigenvalue weighted by Crippen LogP contribution is 2.20. The highest BCUT2D eigenvalue weighted by molar-refractivity contribution is 7.99. The van der Waals surface area contributed by atoms with Gasteiger partial charge in [-0.05, 0) is 54.1 Å². The van der Waals surface area contributed by atoms with Gasteiger partial charge < -0.3 is 5.32 Å². The molecule has 2 aromatic heterocycles. The number of thioether (sulfide) groups is 1. The third-order valence-electron chi connectivity index (χ3n) is 4.84. The van der Waals surface area contributed by atoms with Gasteiger partial charge in [0.25, 0.3) is 5.56 Å². The molecule has 2 heterocycles. The number of hydrogen-bond acceptors (Lipinski definition) is 6. The molecule has 0 aliphatic heterocycles. The van der Waals surface area contributed by atoms with Crippen molar-refractivity contribution in [3.05, 3.63) is 76.2 Å². The van der Waals surface area contributed by atoms with Gasteiger partial charge >= 0.3 is 0 Å². The minimum Gasteiger partial charge on any atom is -0.319 e. The Kier molecular flexibility index (Phi) is 5.72. The molecule has 0 unspecified atom stereocenters. The number of benzene rings is 2. The van der Waals surface area contributed by atoms with Gasteiger partial charge in [0, 0.05) is 7.05 Å². The summed E-state index contributed by atoms with van der Waals surface area (Å²) in [6, 6.07) is 17.0. The summed E-state index contributed by atoms with van der Waals surface area (Å²) in [5, 5.41) is 15.0. The van der Waals surface area contributed by atoms with E-state index in [9.17, 15) is 9.59 Å². The van der Waals surface area contributed by atoms with E-state index in [2.05, 4.69) is 20.8 Å². The van der Waals surface area contributed by atoms with Crippen LogP contribution in [0.1, 0.15) is 11.3 Å². The minimum atomic E-state index is -0.310. The lowest BCUT2D eigenvalue weighted by atomic mass is 10.2. The van der Waals surface area contributed by atoms with E-state index in [4.69, 9.17) is 0 Å². The van der Waals surface area contributed by atoms with Crippen molar-refractivity contribution >= 4 is 23.4 Å². The van der Waals surface area contributed by atoms with Gasteiger partial charge in [-0.25, -0.2) is 4.68 Å². The first kappa shape index (κ1) is 20.6. The average molecular weight is 436 g/mol. The molecule has 31 heavy (non-hydrogen) atoms. The summed E-state index contributed by atoms with van der Waals surface area (Å²) in [4.78, 5) is 25.5. The van der Waals surface area contributed by atoms with Gasteiger partial charge in [0.1, 0.15) is 5.69 Å². The number of tetrazole rings is 1. The summed E-state index contributed by atoms with van der Waals surface area (Å²) < 4.78 is 4.83. The molecule has 10 heteroatoms. The Bertz CT molecular complexity index is 1290. The molecule has 9 nitrogen and oxygen atoms in total. The van der Waals surface area contributed by atoms with Gasteiger partial charge in [-0.1, -0.05) is 42.1 Å². The number of rotatable bonds is 6. The molecular formula is C21H21N7O2S. The molecule has 0 radical (unpaired) electrons. The zero-order valence-corrected chi connectivity index (χ0v) is 18.1. The zero-order valence-electron chi connectivity index (χ0n) is 17.3. The van der Waals surface area contributed by atoms with Crippen LogP contribution in [0.2, 0.25) is 0 Å². The summed E-state index contributed by atoms with van der Waals surface area (Å²) in [7, 11) is 1.78. The number of anilines is 1. The van der Waals surface area contributed by atoms with E-state index in [0.29, 0.717) is 10.9 Å². The fraction of sp³-hybridized carbons (Fsp3) is 0.190. The van der Waals surface area contributed by atoms with Gasteiger partial charge in [-0.2, -0.15) is 4.68 Å². The number of aromatic nitrogens is 6. The number of nitrogens with one attached hydrogen (secondary N) is 1. The predicted molar refractivity (Wildman–Crippen MR) is 119 cm³/mol. The summed E-state index contributed by atoms with van der Waals surface area (Å²) >= 11 is 1.20. The fourth-order valence-electron chi connectivity index (χ4n) is 3.21. The topological polar surface area (TPSA) is 99.6 Å². The summed E-state index contributed by atoms with van der Waals surface area (Å²) in [6.45, 7) is 3.78. The number of aryl methyl sites for hydroxylation is 1. The third-order valence-corrected chi connectivity index (χ3v) is 5.76. The maximum absolute atomic E-state index is 12.9. The SMILES string of the molecule is Cc1cccc(-n2nnnc2SCC(=O)Nc2c(C)n(C)n(-c3ccccc3)c2=O)c1. The second kappa shape index (κ2) is 8.60. The van der Waals surface area contributed by atoms with E-state index in [1.54, 1.807) is 23.3 Å². The maximum atomic E-state index is 12.9. The monoisotopic (exact) mass is 435 g/mol. The standard InChI is InChI=1S/C21H21N7O2S/c1-14-8-7-11-17(12-14)27-21(23-24-25-27)31-13-18(29)22-19-15(2)26(3)28(20(19)30)16-9-5-4-6-10-16/h4-12H,13H2,1-3H3,(H,22,29). The van der Waals surface area contributed by atoms with Crippen LogP contribution in [0.4, 0.5) is 5.69 Å². The highest BCUT2D eigenvalue weighted by Gasteiger charge is 2.19. The molecule has 0 spiro atoms. The van der Waals surface area contributed by atoms with Crippen LogP contribution < -0.4 is 10.9 Å². The number of hydrogen-bond donors (Lipinski definition) is 1. The van der Waals surface area contributed by atoms with Crippen molar-refractivity contribution < 1.29 is 4.79 Å². The molecule has 0 bridgehead atoms. The lowest BCUT2D eigenvalue weighted by Crippen LogP contribution is -2.23. The lowest BCUT2D eigenvalue weighted by molar-refractivity contribution is -0.113. The van der Waals surface area contributed by atoms with E-state index in [1.165, 1.54) is 16.4 Å². The van der Waals surface area contributed by atoms with Crippen molar-refractivity contribution in [2.24, 2.45) is 7.05 Å². The summed E-state index contributed by atoms with van der Waals surface area (Å²) in [5.74, 6) is -0.250. The van der Waals surface area contributed by atoms with Crippen LogP contribution in [0.25, 0.3) is 11.4 Å². The molecule has 4 aromatic rings. The van der Waals surface area contributed by atoms with Crippen LogP contribution >= 0.6 is 11.8 Å². The molecule has 2 aromatic carbocycles. The molecule has 0 aliphatic carbocycles. The second-order valence-electron chi connectivity index (χ2n) is 6.99.